The molecule has 0 aromatic heterocycles. The van der Waals surface area contributed by atoms with E-state index in [-0.39, 0.29) is 5.91 Å². The molecule has 2 saturated heterocycles. The van der Waals surface area contributed by atoms with Crippen LogP contribution in [-0.4, -0.2) is 54.0 Å². The van der Waals surface area contributed by atoms with Gasteiger partial charge in [0.25, 0.3) is 0 Å². The van der Waals surface area contributed by atoms with E-state index in [0.717, 1.165) is 36.9 Å². The third-order valence-electron chi connectivity index (χ3n) is 5.58. The molecule has 24 heavy (non-hydrogen) atoms. The maximum Gasteiger partial charge on any atom is 0.225 e. The third kappa shape index (κ3) is 4.17. The molecule has 3 rings (SSSR count). The number of hydrogen-bond acceptors (Lipinski definition) is 3. The highest BCUT2D eigenvalue weighted by Crippen LogP contribution is 2.24. The number of piperidine rings is 1. The zero-order valence-electron chi connectivity index (χ0n) is 15.3. The summed E-state index contributed by atoms with van der Waals surface area (Å²) in [4.78, 5) is 17.3. The zero-order valence-corrected chi connectivity index (χ0v) is 15.3. The van der Waals surface area contributed by atoms with Gasteiger partial charge in [-0.2, -0.15) is 0 Å². The van der Waals surface area contributed by atoms with Gasteiger partial charge in [-0.1, -0.05) is 18.6 Å². The number of aryl methyl sites for hydroxylation is 2. The van der Waals surface area contributed by atoms with E-state index in [0.29, 0.717) is 12.5 Å². The standard InChI is InChI=1S/C20H31N3O/c1-15-7-8-16(2)19(12-15)21-20(24)9-11-22-13-18(14-22)23-10-5-4-6-17(23)3/h7-8,12,17-18H,4-6,9-11,13-14H2,1-3H3,(H,21,24). The predicted molar refractivity (Wildman–Crippen MR) is 99.4 cm³/mol. The lowest BCUT2D eigenvalue weighted by molar-refractivity contribution is -0.117. The second-order valence-electron chi connectivity index (χ2n) is 7.61. The fourth-order valence-corrected chi connectivity index (χ4v) is 3.94. The molecule has 4 nitrogen and oxygen atoms in total. The van der Waals surface area contributed by atoms with Crippen LogP contribution in [0.25, 0.3) is 0 Å². The minimum Gasteiger partial charge on any atom is -0.326 e. The van der Waals surface area contributed by atoms with Crippen LogP contribution in [0.5, 0.6) is 0 Å². The quantitative estimate of drug-likeness (QED) is 0.901. The van der Waals surface area contributed by atoms with Crippen LogP contribution in [0.2, 0.25) is 0 Å². The fraction of sp³-hybridized carbons (Fsp3) is 0.650. The Labute approximate surface area is 146 Å². The highest BCUT2D eigenvalue weighted by atomic mass is 16.1. The fourth-order valence-electron chi connectivity index (χ4n) is 3.94. The van der Waals surface area contributed by atoms with E-state index in [1.54, 1.807) is 0 Å². The summed E-state index contributed by atoms with van der Waals surface area (Å²) in [5.74, 6) is 0.124. The Morgan fingerprint density at radius 3 is 2.79 bits per heavy atom. The van der Waals surface area contributed by atoms with Gasteiger partial charge in [0.05, 0.1) is 0 Å². The first-order valence-corrected chi connectivity index (χ1v) is 9.38. The van der Waals surface area contributed by atoms with E-state index in [1.165, 1.54) is 31.4 Å². The monoisotopic (exact) mass is 329 g/mol. The summed E-state index contributed by atoms with van der Waals surface area (Å²) in [5.41, 5.74) is 3.25. The van der Waals surface area contributed by atoms with Gasteiger partial charge in [0, 0.05) is 43.8 Å². The molecule has 0 radical (unpaired) electrons. The molecule has 2 aliphatic rings. The Kier molecular flexibility index (Phi) is 5.57. The topological polar surface area (TPSA) is 35.6 Å². The smallest absolute Gasteiger partial charge is 0.225 e. The summed E-state index contributed by atoms with van der Waals surface area (Å²) in [6, 6.07) is 7.63. The molecule has 0 aliphatic carbocycles. The van der Waals surface area contributed by atoms with Crippen LogP contribution in [0.4, 0.5) is 5.69 Å². The molecule has 2 heterocycles. The molecular weight excluding hydrogens is 298 g/mol. The molecule has 1 atom stereocenters. The van der Waals surface area contributed by atoms with E-state index in [2.05, 4.69) is 41.1 Å². The molecule has 1 N–H and O–H groups in total. The van der Waals surface area contributed by atoms with Crippen LogP contribution in [0, 0.1) is 13.8 Å². The van der Waals surface area contributed by atoms with Crippen LogP contribution in [0.15, 0.2) is 18.2 Å². The van der Waals surface area contributed by atoms with Crippen LogP contribution in [0.3, 0.4) is 0 Å². The number of rotatable bonds is 5. The van der Waals surface area contributed by atoms with Crippen molar-refractivity contribution in [2.75, 3.05) is 31.5 Å². The average Bonchev–Trinajstić information content (AvgIpc) is 2.51. The van der Waals surface area contributed by atoms with E-state index >= 15 is 0 Å². The van der Waals surface area contributed by atoms with Crippen molar-refractivity contribution in [3.63, 3.8) is 0 Å². The normalized spacial score (nSPS) is 23.0. The summed E-state index contributed by atoms with van der Waals surface area (Å²) < 4.78 is 0. The highest BCUT2D eigenvalue weighted by Gasteiger charge is 2.34. The first-order valence-electron chi connectivity index (χ1n) is 9.38. The van der Waals surface area contributed by atoms with Crippen molar-refractivity contribution in [1.29, 1.82) is 0 Å². The van der Waals surface area contributed by atoms with E-state index < -0.39 is 0 Å². The van der Waals surface area contributed by atoms with Crippen molar-refractivity contribution in [1.82, 2.24) is 9.80 Å². The van der Waals surface area contributed by atoms with Crippen LogP contribution in [0.1, 0.15) is 43.7 Å². The van der Waals surface area contributed by atoms with Gasteiger partial charge in [-0.15, -0.1) is 0 Å². The predicted octanol–water partition coefficient (Wildman–Crippen LogP) is 3.19. The number of hydrogen-bond donors (Lipinski definition) is 1. The van der Waals surface area contributed by atoms with Gasteiger partial charge in [0.2, 0.25) is 5.91 Å². The summed E-state index contributed by atoms with van der Waals surface area (Å²) in [5, 5.41) is 3.06. The molecule has 2 fully saturated rings. The van der Waals surface area contributed by atoms with Crippen molar-refractivity contribution in [2.45, 2.75) is 58.5 Å². The average molecular weight is 329 g/mol. The Bertz CT molecular complexity index is 580. The molecule has 1 aromatic rings. The number of nitrogens with one attached hydrogen (secondary N) is 1. The first kappa shape index (κ1) is 17.4. The largest absolute Gasteiger partial charge is 0.326 e. The van der Waals surface area contributed by atoms with Crippen LogP contribution >= 0.6 is 0 Å². The molecule has 0 bridgehead atoms. The second kappa shape index (κ2) is 7.66. The van der Waals surface area contributed by atoms with Gasteiger partial charge in [0.15, 0.2) is 0 Å². The number of anilines is 1. The molecular formula is C20H31N3O. The lowest BCUT2D eigenvalue weighted by atomic mass is 9.97. The molecule has 4 heteroatoms. The lowest BCUT2D eigenvalue weighted by Gasteiger charge is -2.49. The van der Waals surface area contributed by atoms with Gasteiger partial charge in [-0.05, 0) is 57.4 Å². The molecule has 2 aliphatic heterocycles. The highest BCUT2D eigenvalue weighted by molar-refractivity contribution is 5.91. The zero-order chi connectivity index (χ0) is 17.1. The van der Waals surface area contributed by atoms with Crippen molar-refractivity contribution in [3.8, 4) is 0 Å². The van der Waals surface area contributed by atoms with Gasteiger partial charge in [0.1, 0.15) is 0 Å². The van der Waals surface area contributed by atoms with Crippen molar-refractivity contribution in [3.05, 3.63) is 29.3 Å². The van der Waals surface area contributed by atoms with E-state index in [9.17, 15) is 4.79 Å². The van der Waals surface area contributed by atoms with Gasteiger partial charge in [-0.3, -0.25) is 14.6 Å². The number of benzene rings is 1. The Morgan fingerprint density at radius 2 is 2.04 bits per heavy atom. The van der Waals surface area contributed by atoms with Crippen LogP contribution in [-0.2, 0) is 4.79 Å². The second-order valence-corrected chi connectivity index (χ2v) is 7.61. The van der Waals surface area contributed by atoms with E-state index in [1.807, 2.05) is 13.0 Å². The molecule has 0 saturated carbocycles. The minimum atomic E-state index is 0.124. The van der Waals surface area contributed by atoms with Gasteiger partial charge >= 0.3 is 0 Å². The number of carbonyl (C=O) groups excluding carboxylic acids is 1. The Morgan fingerprint density at radius 1 is 1.25 bits per heavy atom. The summed E-state index contributed by atoms with van der Waals surface area (Å²) >= 11 is 0. The maximum absolute atomic E-state index is 12.2. The minimum absolute atomic E-state index is 0.124. The Hall–Kier alpha value is -1.39. The molecule has 1 unspecified atom stereocenters. The number of likely N-dealkylation sites (tertiary alicyclic amines) is 2. The maximum atomic E-state index is 12.2. The number of carbonyl (C=O) groups is 1. The van der Waals surface area contributed by atoms with Crippen molar-refractivity contribution in [2.24, 2.45) is 0 Å². The first-order chi connectivity index (χ1) is 11.5. The van der Waals surface area contributed by atoms with Crippen molar-refractivity contribution >= 4 is 11.6 Å². The summed E-state index contributed by atoms with van der Waals surface area (Å²) in [6.07, 6.45) is 4.65. The van der Waals surface area contributed by atoms with Crippen LogP contribution < -0.4 is 5.32 Å². The summed E-state index contributed by atoms with van der Waals surface area (Å²) in [6.45, 7) is 10.8. The summed E-state index contributed by atoms with van der Waals surface area (Å²) in [7, 11) is 0. The number of amides is 1. The molecule has 132 valence electrons. The van der Waals surface area contributed by atoms with Gasteiger partial charge < -0.3 is 5.32 Å². The Balaban J connectivity index is 1.39. The lowest BCUT2D eigenvalue weighted by Crippen LogP contribution is -2.62. The van der Waals surface area contributed by atoms with Gasteiger partial charge in [-0.25, -0.2) is 0 Å². The van der Waals surface area contributed by atoms with Crippen molar-refractivity contribution < 1.29 is 4.79 Å². The molecule has 1 aromatic carbocycles. The molecule has 0 spiro atoms. The van der Waals surface area contributed by atoms with E-state index in [4.69, 9.17) is 0 Å². The SMILES string of the molecule is Cc1ccc(C)c(NC(=O)CCN2CC(N3CCCCC3C)C2)c1. The third-order valence-corrected chi connectivity index (χ3v) is 5.58. The molecule has 1 amide bonds. The number of nitrogens with zero attached hydrogens (tertiary/aromatic N) is 2.